The predicted molar refractivity (Wildman–Crippen MR) is 107 cm³/mol. The van der Waals surface area contributed by atoms with Gasteiger partial charge in [-0.15, -0.1) is 0 Å². The number of hydrogen-bond donors (Lipinski definition) is 4. The van der Waals surface area contributed by atoms with Crippen LogP contribution >= 0.6 is 0 Å². The highest BCUT2D eigenvalue weighted by atomic mass is 16.2. The smallest absolute Gasteiger partial charge is 0.216 e. The maximum Gasteiger partial charge on any atom is 0.216 e. The van der Waals surface area contributed by atoms with Crippen molar-refractivity contribution in [1.29, 1.82) is 0 Å². The molecule has 2 aromatic rings. The number of amides is 2. The van der Waals surface area contributed by atoms with Crippen molar-refractivity contribution >= 4 is 23.5 Å². The summed E-state index contributed by atoms with van der Waals surface area (Å²) in [4.78, 5) is 31.3. The molecular formula is C19H26N6O2. The minimum absolute atomic E-state index is 0.0680. The molecule has 1 heterocycles. The second-order valence-corrected chi connectivity index (χ2v) is 6.05. The van der Waals surface area contributed by atoms with Crippen LogP contribution in [0.3, 0.4) is 0 Å². The summed E-state index contributed by atoms with van der Waals surface area (Å²) >= 11 is 0. The van der Waals surface area contributed by atoms with Gasteiger partial charge in [-0.2, -0.15) is 0 Å². The van der Waals surface area contributed by atoms with Gasteiger partial charge >= 0.3 is 0 Å². The molecule has 0 fully saturated rings. The van der Waals surface area contributed by atoms with Crippen LogP contribution in [0.1, 0.15) is 19.4 Å². The van der Waals surface area contributed by atoms with Crippen molar-refractivity contribution in [3.63, 3.8) is 0 Å². The van der Waals surface area contributed by atoms with E-state index in [1.807, 2.05) is 37.3 Å². The maximum absolute atomic E-state index is 11.0. The molecule has 8 heteroatoms. The number of hydrogen-bond acceptors (Lipinski definition) is 6. The summed E-state index contributed by atoms with van der Waals surface area (Å²) in [5, 5.41) is 12.0. The van der Waals surface area contributed by atoms with Crippen molar-refractivity contribution in [3.8, 4) is 11.4 Å². The number of anilines is 2. The third-order valence-electron chi connectivity index (χ3n) is 3.76. The van der Waals surface area contributed by atoms with Crippen LogP contribution in [0.25, 0.3) is 11.4 Å². The second kappa shape index (κ2) is 10.1. The van der Waals surface area contributed by atoms with Gasteiger partial charge < -0.3 is 21.3 Å². The fraction of sp³-hybridized carbons (Fsp3) is 0.368. The van der Waals surface area contributed by atoms with Crippen molar-refractivity contribution < 1.29 is 9.59 Å². The first kappa shape index (κ1) is 20.2. The van der Waals surface area contributed by atoms with E-state index in [1.54, 1.807) is 0 Å². The number of benzene rings is 1. The summed E-state index contributed by atoms with van der Waals surface area (Å²) in [6.45, 7) is 7.01. The third-order valence-corrected chi connectivity index (χ3v) is 3.76. The Morgan fingerprint density at radius 2 is 1.30 bits per heavy atom. The van der Waals surface area contributed by atoms with Crippen molar-refractivity contribution in [2.24, 2.45) is 0 Å². The Kier molecular flexibility index (Phi) is 7.54. The number of rotatable bonds is 9. The molecule has 0 aliphatic carbocycles. The van der Waals surface area contributed by atoms with Gasteiger partial charge in [0.25, 0.3) is 0 Å². The largest absolute Gasteiger partial charge is 0.368 e. The zero-order valence-corrected chi connectivity index (χ0v) is 15.9. The minimum Gasteiger partial charge on any atom is -0.368 e. The number of carbonyl (C=O) groups is 2. The standard InChI is InChI=1S/C19H26N6O2/c1-13-17(22-11-9-20-14(2)26)24-19(16-7-5-4-6-8-16)25-18(13)23-12-10-21-15(3)27/h4-8H,9-12H2,1-3H3,(H,20,26)(H,21,27)(H2,22,23,24,25). The number of nitrogens with zero attached hydrogens (tertiary/aromatic N) is 2. The second-order valence-electron chi connectivity index (χ2n) is 6.05. The first-order chi connectivity index (χ1) is 13.0. The lowest BCUT2D eigenvalue weighted by Gasteiger charge is -2.15. The van der Waals surface area contributed by atoms with Crippen LogP contribution in [0, 0.1) is 6.92 Å². The Morgan fingerprint density at radius 1 is 0.815 bits per heavy atom. The normalized spacial score (nSPS) is 10.2. The van der Waals surface area contributed by atoms with Crippen LogP contribution in [0.5, 0.6) is 0 Å². The van der Waals surface area contributed by atoms with Crippen LogP contribution in [0.4, 0.5) is 11.6 Å². The average molecular weight is 370 g/mol. The Labute approximate surface area is 159 Å². The van der Waals surface area contributed by atoms with Gasteiger partial charge in [0.05, 0.1) is 0 Å². The molecular weight excluding hydrogens is 344 g/mol. The van der Waals surface area contributed by atoms with Crippen LogP contribution in [0.15, 0.2) is 30.3 Å². The molecule has 8 nitrogen and oxygen atoms in total. The Balaban J connectivity index is 2.18. The highest BCUT2D eigenvalue weighted by Crippen LogP contribution is 2.24. The van der Waals surface area contributed by atoms with Gasteiger partial charge in [-0.3, -0.25) is 9.59 Å². The van der Waals surface area contributed by atoms with Crippen molar-refractivity contribution in [2.75, 3.05) is 36.8 Å². The average Bonchev–Trinajstić information content (AvgIpc) is 2.64. The molecule has 4 N–H and O–H groups in total. The quantitative estimate of drug-likeness (QED) is 0.499. The summed E-state index contributed by atoms with van der Waals surface area (Å²) in [5.41, 5.74) is 1.78. The third kappa shape index (κ3) is 6.58. The fourth-order valence-electron chi connectivity index (χ4n) is 2.42. The summed E-state index contributed by atoms with van der Waals surface area (Å²) in [7, 11) is 0. The maximum atomic E-state index is 11.0. The van der Waals surface area contributed by atoms with E-state index in [-0.39, 0.29) is 11.8 Å². The Morgan fingerprint density at radius 3 is 1.74 bits per heavy atom. The molecule has 0 unspecified atom stereocenters. The van der Waals surface area contributed by atoms with E-state index >= 15 is 0 Å². The molecule has 0 saturated heterocycles. The van der Waals surface area contributed by atoms with E-state index in [9.17, 15) is 9.59 Å². The van der Waals surface area contributed by atoms with E-state index in [0.29, 0.717) is 43.6 Å². The van der Waals surface area contributed by atoms with E-state index in [2.05, 4.69) is 31.2 Å². The molecule has 144 valence electrons. The molecule has 2 rings (SSSR count). The SMILES string of the molecule is CC(=O)NCCNc1nc(-c2ccccc2)nc(NCCNC(C)=O)c1C. The van der Waals surface area contributed by atoms with Gasteiger partial charge in [0.2, 0.25) is 11.8 Å². The number of aromatic nitrogens is 2. The molecule has 1 aromatic heterocycles. The number of nitrogens with one attached hydrogen (secondary N) is 4. The van der Waals surface area contributed by atoms with Gasteiger partial charge in [-0.05, 0) is 6.92 Å². The van der Waals surface area contributed by atoms with E-state index in [1.165, 1.54) is 13.8 Å². The van der Waals surface area contributed by atoms with E-state index in [4.69, 9.17) is 0 Å². The van der Waals surface area contributed by atoms with Crippen LogP contribution in [-0.4, -0.2) is 48.0 Å². The number of carbonyl (C=O) groups excluding carboxylic acids is 2. The monoisotopic (exact) mass is 370 g/mol. The molecule has 0 radical (unpaired) electrons. The van der Waals surface area contributed by atoms with Crippen molar-refractivity contribution in [2.45, 2.75) is 20.8 Å². The predicted octanol–water partition coefficient (Wildman–Crippen LogP) is 1.55. The molecule has 1 aromatic carbocycles. The first-order valence-corrected chi connectivity index (χ1v) is 8.88. The zero-order valence-electron chi connectivity index (χ0n) is 15.9. The summed E-state index contributed by atoms with van der Waals surface area (Å²) < 4.78 is 0. The highest BCUT2D eigenvalue weighted by Gasteiger charge is 2.12. The summed E-state index contributed by atoms with van der Waals surface area (Å²) in [6.07, 6.45) is 0. The van der Waals surface area contributed by atoms with Crippen molar-refractivity contribution in [1.82, 2.24) is 20.6 Å². The fourth-order valence-corrected chi connectivity index (χ4v) is 2.42. The lowest BCUT2D eigenvalue weighted by Crippen LogP contribution is -2.27. The first-order valence-electron chi connectivity index (χ1n) is 8.88. The lowest BCUT2D eigenvalue weighted by molar-refractivity contribution is -0.119. The van der Waals surface area contributed by atoms with Gasteiger partial charge in [0.1, 0.15) is 11.6 Å². The molecule has 0 aliphatic rings. The van der Waals surface area contributed by atoms with Crippen molar-refractivity contribution in [3.05, 3.63) is 35.9 Å². The van der Waals surface area contributed by atoms with Gasteiger partial charge in [0.15, 0.2) is 5.82 Å². The molecule has 0 saturated carbocycles. The highest BCUT2D eigenvalue weighted by molar-refractivity contribution is 5.73. The summed E-state index contributed by atoms with van der Waals surface area (Å²) in [5.74, 6) is 1.88. The topological polar surface area (TPSA) is 108 Å². The Bertz CT molecular complexity index is 736. The van der Waals surface area contributed by atoms with Gasteiger partial charge in [-0.25, -0.2) is 9.97 Å². The Hall–Kier alpha value is -3.16. The molecule has 0 bridgehead atoms. The molecule has 2 amide bonds. The molecule has 0 atom stereocenters. The summed E-state index contributed by atoms with van der Waals surface area (Å²) in [6, 6.07) is 9.72. The van der Waals surface area contributed by atoms with E-state index in [0.717, 1.165) is 11.1 Å². The van der Waals surface area contributed by atoms with Crippen LogP contribution < -0.4 is 21.3 Å². The van der Waals surface area contributed by atoms with E-state index < -0.39 is 0 Å². The zero-order chi connectivity index (χ0) is 19.6. The minimum atomic E-state index is -0.0680. The van der Waals surface area contributed by atoms with Gasteiger partial charge in [-0.1, -0.05) is 30.3 Å². The van der Waals surface area contributed by atoms with Gasteiger partial charge in [0, 0.05) is 51.2 Å². The molecule has 0 aliphatic heterocycles. The van der Waals surface area contributed by atoms with Crippen LogP contribution in [0.2, 0.25) is 0 Å². The molecule has 27 heavy (non-hydrogen) atoms. The van der Waals surface area contributed by atoms with Crippen LogP contribution in [-0.2, 0) is 9.59 Å². The lowest BCUT2D eigenvalue weighted by atomic mass is 10.2. The molecule has 0 spiro atoms.